The van der Waals surface area contributed by atoms with Crippen LogP contribution in [-0.2, 0) is 0 Å². The van der Waals surface area contributed by atoms with Gasteiger partial charge in [0.2, 0.25) is 0 Å². The van der Waals surface area contributed by atoms with Crippen molar-refractivity contribution in [1.82, 2.24) is 9.88 Å². The summed E-state index contributed by atoms with van der Waals surface area (Å²) in [4.78, 5) is 10.1. The van der Waals surface area contributed by atoms with Crippen LogP contribution in [0.2, 0.25) is 5.02 Å². The molecule has 1 aromatic heterocycles. The highest BCUT2D eigenvalue weighted by Crippen LogP contribution is 2.22. The molecule has 4 heteroatoms. The van der Waals surface area contributed by atoms with E-state index in [0.29, 0.717) is 10.8 Å². The maximum atomic E-state index is 5.90. The van der Waals surface area contributed by atoms with Gasteiger partial charge in [0.05, 0.1) is 6.34 Å². The number of pyridine rings is 1. The van der Waals surface area contributed by atoms with Gasteiger partial charge in [-0.1, -0.05) is 11.6 Å². The summed E-state index contributed by atoms with van der Waals surface area (Å²) in [6, 6.07) is 1.76. The van der Waals surface area contributed by atoms with E-state index in [-0.39, 0.29) is 0 Å². The second-order valence-corrected chi connectivity index (χ2v) is 3.36. The van der Waals surface area contributed by atoms with Crippen LogP contribution in [0.5, 0.6) is 0 Å². The lowest BCUT2D eigenvalue weighted by Crippen LogP contribution is -2.07. The van der Waals surface area contributed by atoms with Crippen LogP contribution in [0.25, 0.3) is 0 Å². The largest absolute Gasteiger partial charge is 0.369 e. The number of aromatic nitrogens is 1. The fourth-order valence-corrected chi connectivity index (χ4v) is 0.943. The zero-order chi connectivity index (χ0) is 9.84. The highest BCUT2D eigenvalue weighted by molar-refractivity contribution is 6.31. The molecule has 0 saturated carbocycles. The van der Waals surface area contributed by atoms with Gasteiger partial charge in [0, 0.05) is 30.9 Å². The molecule has 0 bridgehead atoms. The zero-order valence-corrected chi connectivity index (χ0v) is 8.71. The first kappa shape index (κ1) is 9.99. The van der Waals surface area contributed by atoms with E-state index in [1.54, 1.807) is 18.6 Å². The van der Waals surface area contributed by atoms with Crippen molar-refractivity contribution in [2.45, 2.75) is 6.92 Å². The molecule has 0 spiro atoms. The molecule has 1 heterocycles. The molecule has 0 fully saturated rings. The van der Waals surface area contributed by atoms with E-state index in [2.05, 4.69) is 9.98 Å². The summed E-state index contributed by atoms with van der Waals surface area (Å²) >= 11 is 5.90. The Morgan fingerprint density at radius 2 is 2.23 bits per heavy atom. The summed E-state index contributed by atoms with van der Waals surface area (Å²) in [5.74, 6) is 0.668. The monoisotopic (exact) mass is 197 g/mol. The first-order chi connectivity index (χ1) is 6.11. The minimum Gasteiger partial charge on any atom is -0.369 e. The molecule has 0 aliphatic heterocycles. The summed E-state index contributed by atoms with van der Waals surface area (Å²) in [6.45, 7) is 1.90. The second-order valence-electron chi connectivity index (χ2n) is 2.95. The Morgan fingerprint density at radius 3 is 2.85 bits per heavy atom. The molecule has 1 aromatic rings. The zero-order valence-electron chi connectivity index (χ0n) is 7.95. The van der Waals surface area contributed by atoms with Crippen molar-refractivity contribution < 1.29 is 0 Å². The molecule has 0 unspecified atom stereocenters. The lowest BCUT2D eigenvalue weighted by molar-refractivity contribution is 0.643. The predicted molar refractivity (Wildman–Crippen MR) is 55.8 cm³/mol. The third-order valence-corrected chi connectivity index (χ3v) is 1.93. The summed E-state index contributed by atoms with van der Waals surface area (Å²) in [5.41, 5.74) is 0.905. The van der Waals surface area contributed by atoms with Crippen LogP contribution in [0.4, 0.5) is 5.82 Å². The average molecular weight is 198 g/mol. The van der Waals surface area contributed by atoms with E-state index in [1.807, 2.05) is 25.9 Å². The number of nitrogens with zero attached hydrogens (tertiary/aromatic N) is 3. The first-order valence-corrected chi connectivity index (χ1v) is 4.31. The van der Waals surface area contributed by atoms with Crippen LogP contribution >= 0.6 is 11.6 Å². The van der Waals surface area contributed by atoms with Crippen molar-refractivity contribution in [3.05, 3.63) is 22.8 Å². The summed E-state index contributed by atoms with van der Waals surface area (Å²) in [6.07, 6.45) is 3.35. The molecule has 0 amide bonds. The molecular weight excluding hydrogens is 186 g/mol. The number of hydrogen-bond acceptors (Lipinski definition) is 2. The molecule has 0 radical (unpaired) electrons. The Balaban J connectivity index is 2.95. The van der Waals surface area contributed by atoms with Gasteiger partial charge in [-0.2, -0.15) is 0 Å². The van der Waals surface area contributed by atoms with Crippen LogP contribution in [0.15, 0.2) is 17.3 Å². The van der Waals surface area contributed by atoms with Crippen molar-refractivity contribution in [2.75, 3.05) is 14.1 Å². The molecule has 3 nitrogen and oxygen atoms in total. The van der Waals surface area contributed by atoms with E-state index < -0.39 is 0 Å². The van der Waals surface area contributed by atoms with Gasteiger partial charge in [-0.25, -0.2) is 9.98 Å². The molecule has 0 N–H and O–H groups in total. The molecule has 0 aromatic carbocycles. The smallest absolute Gasteiger partial charge is 0.157 e. The maximum Gasteiger partial charge on any atom is 0.157 e. The van der Waals surface area contributed by atoms with Crippen molar-refractivity contribution >= 4 is 23.8 Å². The molecule has 1 rings (SSSR count). The fraction of sp³-hybridized carbons (Fsp3) is 0.333. The second kappa shape index (κ2) is 4.23. The topological polar surface area (TPSA) is 28.5 Å². The Kier molecular flexibility index (Phi) is 3.25. The van der Waals surface area contributed by atoms with Crippen LogP contribution in [0, 0.1) is 6.92 Å². The van der Waals surface area contributed by atoms with Gasteiger partial charge >= 0.3 is 0 Å². The van der Waals surface area contributed by atoms with E-state index in [1.165, 1.54) is 0 Å². The number of rotatable bonds is 2. The third kappa shape index (κ3) is 2.70. The Bertz CT molecular complexity index is 321. The highest BCUT2D eigenvalue weighted by Gasteiger charge is 2.00. The van der Waals surface area contributed by atoms with Gasteiger partial charge in [0.1, 0.15) is 0 Å². The molecule has 70 valence electrons. The standard InChI is InChI=1S/C9H12ClN3/c1-7-8(10)4-5-11-9(7)12-6-13(2)3/h4-6H,1-3H3. The third-order valence-electron chi connectivity index (χ3n) is 1.52. The fourth-order valence-electron chi connectivity index (χ4n) is 0.802. The van der Waals surface area contributed by atoms with Crippen LogP contribution in [0.3, 0.4) is 0 Å². The van der Waals surface area contributed by atoms with Gasteiger partial charge in [-0.15, -0.1) is 0 Å². The van der Waals surface area contributed by atoms with Gasteiger partial charge in [0.15, 0.2) is 5.82 Å². The number of halogens is 1. The Labute approximate surface area is 83.1 Å². The minimum absolute atomic E-state index is 0.668. The van der Waals surface area contributed by atoms with Gasteiger partial charge in [0.25, 0.3) is 0 Å². The first-order valence-electron chi connectivity index (χ1n) is 3.93. The van der Waals surface area contributed by atoms with E-state index >= 15 is 0 Å². The molecular formula is C9H12ClN3. The van der Waals surface area contributed by atoms with Gasteiger partial charge in [-0.05, 0) is 13.0 Å². The predicted octanol–water partition coefficient (Wildman–Crippen LogP) is 2.26. The average Bonchev–Trinajstić information content (AvgIpc) is 2.07. The van der Waals surface area contributed by atoms with E-state index in [4.69, 9.17) is 11.6 Å². The quantitative estimate of drug-likeness (QED) is 0.538. The van der Waals surface area contributed by atoms with Crippen molar-refractivity contribution in [2.24, 2.45) is 4.99 Å². The van der Waals surface area contributed by atoms with E-state index in [9.17, 15) is 0 Å². The van der Waals surface area contributed by atoms with Crippen LogP contribution < -0.4 is 0 Å². The highest BCUT2D eigenvalue weighted by atomic mass is 35.5. The summed E-state index contributed by atoms with van der Waals surface area (Å²) < 4.78 is 0. The maximum absolute atomic E-state index is 5.90. The van der Waals surface area contributed by atoms with Crippen LogP contribution in [0.1, 0.15) is 5.56 Å². The summed E-state index contributed by atoms with van der Waals surface area (Å²) in [7, 11) is 3.81. The van der Waals surface area contributed by atoms with Crippen LogP contribution in [-0.4, -0.2) is 30.3 Å². The van der Waals surface area contributed by atoms with Crippen molar-refractivity contribution in [1.29, 1.82) is 0 Å². The Hall–Kier alpha value is -1.09. The summed E-state index contributed by atoms with van der Waals surface area (Å²) in [5, 5.41) is 0.695. The minimum atomic E-state index is 0.668. The molecule has 0 saturated heterocycles. The van der Waals surface area contributed by atoms with Gasteiger partial charge < -0.3 is 4.90 Å². The Morgan fingerprint density at radius 1 is 1.54 bits per heavy atom. The molecule has 0 aliphatic rings. The molecule has 0 atom stereocenters. The number of hydrogen-bond donors (Lipinski definition) is 0. The molecule has 0 aliphatic carbocycles. The SMILES string of the molecule is Cc1c(Cl)ccnc1N=CN(C)C. The van der Waals surface area contributed by atoms with Crippen molar-refractivity contribution in [3.63, 3.8) is 0 Å². The van der Waals surface area contributed by atoms with E-state index in [0.717, 1.165) is 5.56 Å². The normalized spacial score (nSPS) is 10.8. The lowest BCUT2D eigenvalue weighted by atomic mass is 10.3. The van der Waals surface area contributed by atoms with Crippen molar-refractivity contribution in [3.8, 4) is 0 Å². The van der Waals surface area contributed by atoms with Gasteiger partial charge in [-0.3, -0.25) is 0 Å². The molecule has 13 heavy (non-hydrogen) atoms. The number of aliphatic imine (C=N–C) groups is 1. The lowest BCUT2D eigenvalue weighted by Gasteiger charge is -2.04.